The van der Waals surface area contributed by atoms with Crippen LogP contribution in [0.25, 0.3) is 6.08 Å². The molecule has 0 saturated carbocycles. The second-order valence-corrected chi connectivity index (χ2v) is 7.54. The number of anilines is 2. The van der Waals surface area contributed by atoms with Crippen molar-refractivity contribution in [3.8, 4) is 0 Å². The molecule has 2 amide bonds. The van der Waals surface area contributed by atoms with E-state index in [1.807, 2.05) is 18.2 Å². The number of benzene rings is 1. The number of imide groups is 1. The third-order valence-electron chi connectivity index (χ3n) is 4.80. The Morgan fingerprint density at radius 1 is 1.19 bits per heavy atom. The predicted molar refractivity (Wildman–Crippen MR) is 106 cm³/mol. The number of carbonyl (C=O) groups is 2. The van der Waals surface area contributed by atoms with Gasteiger partial charge in [0.2, 0.25) is 5.95 Å². The van der Waals surface area contributed by atoms with Gasteiger partial charge in [-0.25, -0.2) is 9.97 Å². The summed E-state index contributed by atoms with van der Waals surface area (Å²) in [7, 11) is 0. The second kappa shape index (κ2) is 7.40. The minimum absolute atomic E-state index is 0.350. The molecule has 8 heteroatoms. The van der Waals surface area contributed by atoms with Crippen molar-refractivity contribution in [2.45, 2.75) is 18.8 Å². The predicted octanol–water partition coefficient (Wildman–Crippen LogP) is 2.77. The number of aromatic nitrogens is 2. The highest BCUT2D eigenvalue weighted by Crippen LogP contribution is 2.32. The summed E-state index contributed by atoms with van der Waals surface area (Å²) in [6.45, 7) is 1.68. The van der Waals surface area contributed by atoms with Gasteiger partial charge in [0, 0.05) is 25.0 Å². The molecule has 2 saturated heterocycles. The third-order valence-corrected chi connectivity index (χ3v) is 5.61. The van der Waals surface area contributed by atoms with Crippen LogP contribution in [0.5, 0.6) is 0 Å². The monoisotopic (exact) mass is 381 g/mol. The summed E-state index contributed by atoms with van der Waals surface area (Å²) in [5.74, 6) is 0.697. The number of hydrogen-bond acceptors (Lipinski definition) is 7. The van der Waals surface area contributed by atoms with Gasteiger partial charge in [-0.3, -0.25) is 14.9 Å². The number of amides is 2. The van der Waals surface area contributed by atoms with E-state index in [1.165, 1.54) is 5.56 Å². The molecule has 1 aromatic carbocycles. The summed E-state index contributed by atoms with van der Waals surface area (Å²) in [4.78, 5) is 34.4. The molecule has 138 valence electrons. The lowest BCUT2D eigenvalue weighted by atomic mass is 9.88. The molecular formula is C19H19N5O2S. The third kappa shape index (κ3) is 3.80. The van der Waals surface area contributed by atoms with Crippen LogP contribution in [-0.4, -0.2) is 34.2 Å². The highest BCUT2D eigenvalue weighted by atomic mass is 32.2. The van der Waals surface area contributed by atoms with Gasteiger partial charge in [0.05, 0.1) is 10.6 Å². The molecule has 2 aliphatic rings. The molecular weight excluding hydrogens is 362 g/mol. The van der Waals surface area contributed by atoms with Gasteiger partial charge in [-0.05, 0) is 54.3 Å². The maximum absolute atomic E-state index is 11.7. The topological polar surface area (TPSA) is 101 Å². The number of para-hydroxylation sites is 1. The van der Waals surface area contributed by atoms with E-state index < -0.39 is 0 Å². The Balaban J connectivity index is 1.46. The van der Waals surface area contributed by atoms with E-state index in [1.54, 1.807) is 18.3 Å². The zero-order valence-corrected chi connectivity index (χ0v) is 15.4. The minimum atomic E-state index is -0.383. The number of thioether (sulfide) groups is 1. The number of piperidine rings is 1. The van der Waals surface area contributed by atoms with Crippen molar-refractivity contribution >= 4 is 40.6 Å². The Morgan fingerprint density at radius 2 is 1.96 bits per heavy atom. The van der Waals surface area contributed by atoms with E-state index in [0.717, 1.165) is 43.4 Å². The van der Waals surface area contributed by atoms with Crippen molar-refractivity contribution in [1.29, 1.82) is 0 Å². The van der Waals surface area contributed by atoms with Crippen LogP contribution in [0.3, 0.4) is 0 Å². The molecule has 7 nitrogen and oxygen atoms in total. The van der Waals surface area contributed by atoms with E-state index in [4.69, 9.17) is 5.73 Å². The van der Waals surface area contributed by atoms with Gasteiger partial charge in [0.15, 0.2) is 0 Å². The smallest absolute Gasteiger partial charge is 0.290 e. The van der Waals surface area contributed by atoms with Gasteiger partial charge in [-0.15, -0.1) is 0 Å². The summed E-state index contributed by atoms with van der Waals surface area (Å²) >= 11 is 0.885. The van der Waals surface area contributed by atoms with Crippen molar-refractivity contribution < 1.29 is 9.59 Å². The van der Waals surface area contributed by atoms with Gasteiger partial charge >= 0.3 is 0 Å². The molecule has 0 bridgehead atoms. The van der Waals surface area contributed by atoms with Crippen LogP contribution < -0.4 is 16.0 Å². The quantitative estimate of drug-likeness (QED) is 0.623. The lowest BCUT2D eigenvalue weighted by Gasteiger charge is -2.32. The molecule has 0 aliphatic carbocycles. The first-order valence-electron chi connectivity index (χ1n) is 8.77. The summed E-state index contributed by atoms with van der Waals surface area (Å²) in [6, 6.07) is 9.76. The molecule has 0 spiro atoms. The van der Waals surface area contributed by atoms with Crippen molar-refractivity contribution in [3.05, 3.63) is 52.7 Å². The zero-order chi connectivity index (χ0) is 18.8. The molecule has 0 atom stereocenters. The first-order chi connectivity index (χ1) is 13.1. The van der Waals surface area contributed by atoms with E-state index >= 15 is 0 Å². The zero-order valence-electron chi connectivity index (χ0n) is 14.6. The van der Waals surface area contributed by atoms with Crippen LogP contribution >= 0.6 is 11.8 Å². The average molecular weight is 381 g/mol. The van der Waals surface area contributed by atoms with Crippen LogP contribution in [0.2, 0.25) is 0 Å². The average Bonchev–Trinajstić information content (AvgIpc) is 2.99. The fourth-order valence-electron chi connectivity index (χ4n) is 3.42. The maximum atomic E-state index is 11.7. The summed E-state index contributed by atoms with van der Waals surface area (Å²) in [5.41, 5.74) is 8.79. The normalized spacial score (nSPS) is 19.6. The molecule has 27 heavy (non-hydrogen) atoms. The summed E-state index contributed by atoms with van der Waals surface area (Å²) in [5, 5.41) is 1.88. The van der Waals surface area contributed by atoms with Crippen LogP contribution in [-0.2, 0) is 4.79 Å². The molecule has 3 heterocycles. The molecule has 4 rings (SSSR count). The fourth-order valence-corrected chi connectivity index (χ4v) is 4.09. The first kappa shape index (κ1) is 17.5. The number of hydrogen-bond donors (Lipinski definition) is 2. The van der Waals surface area contributed by atoms with E-state index in [-0.39, 0.29) is 11.1 Å². The molecule has 2 aliphatic heterocycles. The van der Waals surface area contributed by atoms with E-state index in [0.29, 0.717) is 22.5 Å². The highest BCUT2D eigenvalue weighted by Gasteiger charge is 2.26. The Hall–Kier alpha value is -2.87. The Kier molecular flexibility index (Phi) is 4.81. The van der Waals surface area contributed by atoms with Gasteiger partial charge in [0.1, 0.15) is 0 Å². The van der Waals surface area contributed by atoms with Gasteiger partial charge in [-0.1, -0.05) is 18.2 Å². The number of nitrogens with zero attached hydrogens (tertiary/aromatic N) is 3. The van der Waals surface area contributed by atoms with E-state index in [9.17, 15) is 9.59 Å². The number of nitrogens with one attached hydrogen (secondary N) is 1. The van der Waals surface area contributed by atoms with Crippen LogP contribution in [0.1, 0.15) is 30.0 Å². The van der Waals surface area contributed by atoms with Crippen molar-refractivity contribution in [1.82, 2.24) is 15.3 Å². The van der Waals surface area contributed by atoms with Gasteiger partial charge in [-0.2, -0.15) is 0 Å². The minimum Gasteiger partial charge on any atom is -0.398 e. The van der Waals surface area contributed by atoms with Crippen LogP contribution in [0.4, 0.5) is 16.4 Å². The van der Waals surface area contributed by atoms with Gasteiger partial charge in [0.25, 0.3) is 11.1 Å². The van der Waals surface area contributed by atoms with Crippen LogP contribution in [0, 0.1) is 0 Å². The highest BCUT2D eigenvalue weighted by molar-refractivity contribution is 8.18. The molecule has 0 unspecified atom stereocenters. The number of nitrogen functional groups attached to an aromatic ring is 1. The second-order valence-electron chi connectivity index (χ2n) is 6.52. The lowest BCUT2D eigenvalue weighted by Crippen LogP contribution is -2.34. The molecule has 3 N–H and O–H groups in total. The lowest BCUT2D eigenvalue weighted by molar-refractivity contribution is -0.115. The fraction of sp³-hybridized carbons (Fsp3) is 0.263. The Labute approximate surface area is 161 Å². The largest absolute Gasteiger partial charge is 0.398 e. The standard InChI is InChI=1S/C19H19N5O2S/c20-15-4-2-1-3-14(15)12-6-9-24(10-7-12)18-21-8-5-13(22-18)11-16-17(25)23-19(26)27-16/h1-5,8,11-12H,6-7,9-10,20H2,(H,23,25,26)/b16-11-. The van der Waals surface area contributed by atoms with Gasteiger partial charge < -0.3 is 10.6 Å². The van der Waals surface area contributed by atoms with Crippen LogP contribution in [0.15, 0.2) is 41.4 Å². The number of carbonyl (C=O) groups excluding carboxylic acids is 2. The molecule has 2 aromatic rings. The van der Waals surface area contributed by atoms with Crippen molar-refractivity contribution in [2.24, 2.45) is 0 Å². The SMILES string of the molecule is Nc1ccccc1C1CCN(c2nccc(/C=C3\SC(=O)NC3=O)n2)CC1. The molecule has 0 radical (unpaired) electrons. The summed E-state index contributed by atoms with van der Waals surface area (Å²) < 4.78 is 0. The Bertz CT molecular complexity index is 922. The van der Waals surface area contributed by atoms with Crippen molar-refractivity contribution in [2.75, 3.05) is 23.7 Å². The van der Waals surface area contributed by atoms with E-state index in [2.05, 4.69) is 26.3 Å². The molecule has 2 fully saturated rings. The number of nitrogens with two attached hydrogens (primary N) is 1. The Morgan fingerprint density at radius 3 is 2.67 bits per heavy atom. The summed E-state index contributed by atoms with van der Waals surface area (Å²) in [6.07, 6.45) is 5.26. The molecule has 1 aromatic heterocycles. The number of rotatable bonds is 3. The van der Waals surface area contributed by atoms with Crippen molar-refractivity contribution in [3.63, 3.8) is 0 Å². The maximum Gasteiger partial charge on any atom is 0.290 e. The first-order valence-corrected chi connectivity index (χ1v) is 9.59.